The fourth-order valence-electron chi connectivity index (χ4n) is 2.22. The maximum atomic E-state index is 5.17. The molecule has 1 fully saturated rings. The summed E-state index contributed by atoms with van der Waals surface area (Å²) in [6.45, 7) is 3.25. The van der Waals surface area contributed by atoms with E-state index in [1.165, 1.54) is 17.1 Å². The molecule has 3 nitrogen and oxygen atoms in total. The van der Waals surface area contributed by atoms with Crippen molar-refractivity contribution in [1.29, 1.82) is 0 Å². The van der Waals surface area contributed by atoms with Crippen molar-refractivity contribution in [3.63, 3.8) is 0 Å². The normalized spacial score (nSPS) is 20.1. The molecule has 1 aliphatic heterocycles. The summed E-state index contributed by atoms with van der Waals surface area (Å²) in [7, 11) is 3.89. The molecular formula is C14H22N2OS. The predicted molar refractivity (Wildman–Crippen MR) is 78.4 cm³/mol. The fraction of sp³-hybridized carbons (Fsp3) is 0.571. The van der Waals surface area contributed by atoms with Gasteiger partial charge in [0.1, 0.15) is 5.75 Å². The number of benzene rings is 1. The first-order chi connectivity index (χ1) is 8.78. The Hall–Kier alpha value is -0.710. The number of ether oxygens (including phenoxy) is 1. The standard InChI is InChI=1S/C14H22N2OS/c1-16(10-13-11-18-8-7-15-13)9-12-3-5-14(17-2)6-4-12/h3-6,13,15H,7-11H2,1-2H3. The molecule has 1 saturated heterocycles. The summed E-state index contributed by atoms with van der Waals surface area (Å²) < 4.78 is 5.17. The molecule has 1 heterocycles. The summed E-state index contributed by atoms with van der Waals surface area (Å²) in [6.07, 6.45) is 0. The number of thioether (sulfide) groups is 1. The average molecular weight is 266 g/mol. The van der Waals surface area contributed by atoms with Crippen LogP contribution in [0.4, 0.5) is 0 Å². The molecule has 0 radical (unpaired) electrons. The highest BCUT2D eigenvalue weighted by Gasteiger charge is 2.14. The van der Waals surface area contributed by atoms with Gasteiger partial charge >= 0.3 is 0 Å². The number of rotatable bonds is 5. The van der Waals surface area contributed by atoms with Gasteiger partial charge in [0.25, 0.3) is 0 Å². The van der Waals surface area contributed by atoms with E-state index < -0.39 is 0 Å². The second kappa shape index (κ2) is 7.02. The van der Waals surface area contributed by atoms with Crippen LogP contribution in [0.25, 0.3) is 0 Å². The molecule has 0 amide bonds. The Labute approximate surface area is 114 Å². The van der Waals surface area contributed by atoms with Crippen LogP contribution in [-0.4, -0.2) is 49.7 Å². The van der Waals surface area contributed by atoms with Crippen molar-refractivity contribution in [2.45, 2.75) is 12.6 Å². The third kappa shape index (κ3) is 4.19. The highest BCUT2D eigenvalue weighted by atomic mass is 32.2. The molecule has 18 heavy (non-hydrogen) atoms. The van der Waals surface area contributed by atoms with Gasteiger partial charge in [-0.15, -0.1) is 0 Å². The van der Waals surface area contributed by atoms with Crippen LogP contribution in [0.5, 0.6) is 5.75 Å². The van der Waals surface area contributed by atoms with Gasteiger partial charge in [0.2, 0.25) is 0 Å². The maximum Gasteiger partial charge on any atom is 0.118 e. The van der Waals surface area contributed by atoms with Gasteiger partial charge in [-0.25, -0.2) is 0 Å². The molecule has 1 unspecified atom stereocenters. The van der Waals surface area contributed by atoms with E-state index in [2.05, 4.69) is 41.2 Å². The first-order valence-corrected chi connectivity index (χ1v) is 7.56. The molecule has 0 aromatic heterocycles. The second-order valence-electron chi connectivity index (χ2n) is 4.77. The molecule has 0 saturated carbocycles. The summed E-state index contributed by atoms with van der Waals surface area (Å²) in [6, 6.07) is 8.96. The largest absolute Gasteiger partial charge is 0.497 e. The first kappa shape index (κ1) is 13.7. The minimum atomic E-state index is 0.631. The molecule has 1 aromatic rings. The van der Waals surface area contributed by atoms with Crippen LogP contribution < -0.4 is 10.1 Å². The lowest BCUT2D eigenvalue weighted by Gasteiger charge is -2.28. The Morgan fingerprint density at radius 2 is 2.17 bits per heavy atom. The van der Waals surface area contributed by atoms with Gasteiger partial charge in [-0.1, -0.05) is 12.1 Å². The topological polar surface area (TPSA) is 24.5 Å². The molecule has 0 aliphatic carbocycles. The van der Waals surface area contributed by atoms with Gasteiger partial charge in [-0.05, 0) is 24.7 Å². The number of nitrogens with zero attached hydrogens (tertiary/aromatic N) is 1. The molecule has 0 bridgehead atoms. The van der Waals surface area contributed by atoms with Crippen LogP contribution in [0.1, 0.15) is 5.56 Å². The van der Waals surface area contributed by atoms with Crippen LogP contribution in [0.15, 0.2) is 24.3 Å². The Morgan fingerprint density at radius 1 is 1.39 bits per heavy atom. The first-order valence-electron chi connectivity index (χ1n) is 6.40. The van der Waals surface area contributed by atoms with E-state index >= 15 is 0 Å². The van der Waals surface area contributed by atoms with Crippen molar-refractivity contribution in [3.8, 4) is 5.75 Å². The third-order valence-corrected chi connectivity index (χ3v) is 4.27. The SMILES string of the molecule is COc1ccc(CN(C)CC2CSCCN2)cc1. The third-order valence-electron chi connectivity index (χ3n) is 3.14. The fourth-order valence-corrected chi connectivity index (χ4v) is 3.16. The Kier molecular flexibility index (Phi) is 5.35. The van der Waals surface area contributed by atoms with E-state index in [0.717, 1.165) is 25.4 Å². The smallest absolute Gasteiger partial charge is 0.118 e. The van der Waals surface area contributed by atoms with E-state index in [1.54, 1.807) is 7.11 Å². The zero-order chi connectivity index (χ0) is 12.8. The molecule has 1 atom stereocenters. The highest BCUT2D eigenvalue weighted by molar-refractivity contribution is 7.99. The zero-order valence-corrected chi connectivity index (χ0v) is 12.0. The lowest BCUT2D eigenvalue weighted by Crippen LogP contribution is -2.44. The number of nitrogens with one attached hydrogen (secondary N) is 1. The van der Waals surface area contributed by atoms with Crippen LogP contribution in [0, 0.1) is 0 Å². The van der Waals surface area contributed by atoms with Crippen molar-refractivity contribution in [2.75, 3.05) is 38.8 Å². The van der Waals surface area contributed by atoms with Crippen LogP contribution in [-0.2, 0) is 6.54 Å². The van der Waals surface area contributed by atoms with Crippen molar-refractivity contribution in [1.82, 2.24) is 10.2 Å². The highest BCUT2D eigenvalue weighted by Crippen LogP contribution is 2.13. The lowest BCUT2D eigenvalue weighted by molar-refractivity contribution is 0.291. The zero-order valence-electron chi connectivity index (χ0n) is 11.2. The Bertz CT molecular complexity index is 349. The summed E-state index contributed by atoms with van der Waals surface area (Å²) in [5.41, 5.74) is 1.33. The number of hydrogen-bond acceptors (Lipinski definition) is 4. The van der Waals surface area contributed by atoms with E-state index in [-0.39, 0.29) is 0 Å². The van der Waals surface area contributed by atoms with Crippen LogP contribution in [0.3, 0.4) is 0 Å². The molecule has 2 rings (SSSR count). The van der Waals surface area contributed by atoms with Gasteiger partial charge in [0.05, 0.1) is 7.11 Å². The molecule has 4 heteroatoms. The monoisotopic (exact) mass is 266 g/mol. The quantitative estimate of drug-likeness (QED) is 0.879. The molecule has 1 aliphatic rings. The summed E-state index contributed by atoms with van der Waals surface area (Å²) in [5.74, 6) is 3.40. The second-order valence-corrected chi connectivity index (χ2v) is 5.92. The lowest BCUT2D eigenvalue weighted by atomic mass is 10.2. The van der Waals surface area contributed by atoms with Crippen LogP contribution in [0.2, 0.25) is 0 Å². The van der Waals surface area contributed by atoms with Crippen molar-refractivity contribution in [3.05, 3.63) is 29.8 Å². The Balaban J connectivity index is 1.80. The minimum absolute atomic E-state index is 0.631. The van der Waals surface area contributed by atoms with E-state index in [1.807, 2.05) is 12.1 Å². The van der Waals surface area contributed by atoms with Crippen molar-refractivity contribution >= 4 is 11.8 Å². The van der Waals surface area contributed by atoms with Gasteiger partial charge in [0, 0.05) is 37.2 Å². The van der Waals surface area contributed by atoms with E-state index in [0.29, 0.717) is 6.04 Å². The number of hydrogen-bond donors (Lipinski definition) is 1. The van der Waals surface area contributed by atoms with Gasteiger partial charge in [0.15, 0.2) is 0 Å². The van der Waals surface area contributed by atoms with Crippen molar-refractivity contribution < 1.29 is 4.74 Å². The molecular weight excluding hydrogens is 244 g/mol. The van der Waals surface area contributed by atoms with E-state index in [4.69, 9.17) is 4.74 Å². The molecule has 1 N–H and O–H groups in total. The van der Waals surface area contributed by atoms with Gasteiger partial charge in [-0.2, -0.15) is 11.8 Å². The Morgan fingerprint density at radius 3 is 2.78 bits per heavy atom. The number of methoxy groups -OCH3 is 1. The van der Waals surface area contributed by atoms with E-state index in [9.17, 15) is 0 Å². The summed E-state index contributed by atoms with van der Waals surface area (Å²) in [5, 5.41) is 3.57. The predicted octanol–water partition coefficient (Wildman–Crippen LogP) is 1.83. The molecule has 100 valence electrons. The number of likely N-dealkylation sites (N-methyl/N-ethyl adjacent to an activating group) is 1. The van der Waals surface area contributed by atoms with Crippen molar-refractivity contribution in [2.24, 2.45) is 0 Å². The maximum absolute atomic E-state index is 5.17. The van der Waals surface area contributed by atoms with Gasteiger partial charge < -0.3 is 15.0 Å². The summed E-state index contributed by atoms with van der Waals surface area (Å²) in [4.78, 5) is 2.38. The molecule has 1 aromatic carbocycles. The average Bonchev–Trinajstić information content (AvgIpc) is 2.40. The summed E-state index contributed by atoms with van der Waals surface area (Å²) >= 11 is 2.05. The van der Waals surface area contributed by atoms with Gasteiger partial charge in [-0.3, -0.25) is 0 Å². The molecule has 0 spiro atoms. The van der Waals surface area contributed by atoms with Crippen LogP contribution >= 0.6 is 11.8 Å². The minimum Gasteiger partial charge on any atom is -0.497 e.